The standard InChI is InChI=1S/C17H17BrFN7O2/c1-3-28-14-7-11(18)12(19)8-13(14)25-17(27)24-10(2)15-22-9-23-26(15)16-20-5-4-6-21-16/h4-10H,3H2,1-2H3,(H2,24,25,27)/t10-/m0/s1. The number of hydrogen-bond acceptors (Lipinski definition) is 6. The summed E-state index contributed by atoms with van der Waals surface area (Å²) >= 11 is 3.10. The summed E-state index contributed by atoms with van der Waals surface area (Å²) in [4.78, 5) is 24.8. The second kappa shape index (κ2) is 8.74. The summed E-state index contributed by atoms with van der Waals surface area (Å²) < 4.78 is 21.0. The maximum absolute atomic E-state index is 13.9. The van der Waals surface area contributed by atoms with Gasteiger partial charge in [-0.25, -0.2) is 24.1 Å². The van der Waals surface area contributed by atoms with Crippen LogP contribution in [0, 0.1) is 5.82 Å². The Labute approximate surface area is 168 Å². The van der Waals surface area contributed by atoms with Gasteiger partial charge in [0, 0.05) is 18.5 Å². The molecular formula is C17H17BrFN7O2. The van der Waals surface area contributed by atoms with Gasteiger partial charge in [0.2, 0.25) is 0 Å². The summed E-state index contributed by atoms with van der Waals surface area (Å²) in [5.41, 5.74) is 0.208. The van der Waals surface area contributed by atoms with Crippen molar-refractivity contribution < 1.29 is 13.9 Å². The van der Waals surface area contributed by atoms with Gasteiger partial charge < -0.3 is 15.4 Å². The number of rotatable bonds is 6. The highest BCUT2D eigenvalue weighted by molar-refractivity contribution is 9.10. The Balaban J connectivity index is 1.75. The fourth-order valence-electron chi connectivity index (χ4n) is 2.42. The monoisotopic (exact) mass is 449 g/mol. The number of ether oxygens (including phenoxy) is 1. The molecule has 2 N–H and O–H groups in total. The molecule has 0 aliphatic rings. The van der Waals surface area contributed by atoms with E-state index in [1.807, 2.05) is 0 Å². The van der Waals surface area contributed by atoms with E-state index in [1.54, 1.807) is 32.3 Å². The minimum Gasteiger partial charge on any atom is -0.492 e. The minimum absolute atomic E-state index is 0.208. The van der Waals surface area contributed by atoms with Crippen LogP contribution in [0.25, 0.3) is 5.95 Å². The molecule has 1 aromatic carbocycles. The van der Waals surface area contributed by atoms with E-state index in [4.69, 9.17) is 4.74 Å². The number of benzene rings is 1. The van der Waals surface area contributed by atoms with E-state index in [0.717, 1.165) is 0 Å². The van der Waals surface area contributed by atoms with Crippen molar-refractivity contribution in [2.45, 2.75) is 19.9 Å². The Bertz CT molecular complexity index is 967. The summed E-state index contributed by atoms with van der Waals surface area (Å²) in [6.07, 6.45) is 4.50. The molecule has 0 radical (unpaired) electrons. The first-order valence-corrected chi connectivity index (χ1v) is 9.15. The number of hydrogen-bond donors (Lipinski definition) is 2. The van der Waals surface area contributed by atoms with Crippen molar-refractivity contribution in [2.24, 2.45) is 0 Å². The summed E-state index contributed by atoms with van der Waals surface area (Å²) in [7, 11) is 0. The highest BCUT2D eigenvalue weighted by Crippen LogP contribution is 2.31. The van der Waals surface area contributed by atoms with Crippen LogP contribution < -0.4 is 15.4 Å². The molecule has 0 spiro atoms. The van der Waals surface area contributed by atoms with Crippen LogP contribution in [0.1, 0.15) is 25.7 Å². The van der Waals surface area contributed by atoms with Crippen LogP contribution in [-0.4, -0.2) is 37.4 Å². The fourth-order valence-corrected chi connectivity index (χ4v) is 2.74. The predicted octanol–water partition coefficient (Wildman–Crippen LogP) is 3.24. The van der Waals surface area contributed by atoms with Crippen LogP contribution in [0.5, 0.6) is 5.75 Å². The van der Waals surface area contributed by atoms with Crippen molar-refractivity contribution in [2.75, 3.05) is 11.9 Å². The van der Waals surface area contributed by atoms with Crippen LogP contribution >= 0.6 is 15.9 Å². The zero-order valence-corrected chi connectivity index (χ0v) is 16.6. The van der Waals surface area contributed by atoms with Crippen molar-refractivity contribution in [3.05, 3.63) is 53.0 Å². The van der Waals surface area contributed by atoms with E-state index in [9.17, 15) is 9.18 Å². The molecule has 3 rings (SSSR count). The molecule has 0 saturated heterocycles. The second-order valence-electron chi connectivity index (χ2n) is 5.59. The van der Waals surface area contributed by atoms with Crippen molar-refractivity contribution >= 4 is 27.6 Å². The molecule has 2 heterocycles. The summed E-state index contributed by atoms with van der Waals surface area (Å²) in [5.74, 6) is 0.596. The fraction of sp³-hybridized carbons (Fsp3) is 0.235. The molecule has 0 unspecified atom stereocenters. The lowest BCUT2D eigenvalue weighted by molar-refractivity contribution is 0.248. The SMILES string of the molecule is CCOc1cc(Br)c(F)cc1NC(=O)N[C@@H](C)c1ncnn1-c1ncccn1. The van der Waals surface area contributed by atoms with E-state index < -0.39 is 17.9 Å². The Morgan fingerprint density at radius 1 is 1.32 bits per heavy atom. The predicted molar refractivity (Wildman–Crippen MR) is 103 cm³/mol. The first-order chi connectivity index (χ1) is 13.5. The molecule has 9 nitrogen and oxygen atoms in total. The van der Waals surface area contributed by atoms with Crippen LogP contribution in [-0.2, 0) is 0 Å². The van der Waals surface area contributed by atoms with Crippen molar-refractivity contribution in [1.29, 1.82) is 0 Å². The Morgan fingerprint density at radius 3 is 2.79 bits per heavy atom. The van der Waals surface area contributed by atoms with Gasteiger partial charge in [-0.05, 0) is 41.9 Å². The highest BCUT2D eigenvalue weighted by Gasteiger charge is 2.19. The van der Waals surface area contributed by atoms with Gasteiger partial charge in [0.05, 0.1) is 22.8 Å². The summed E-state index contributed by atoms with van der Waals surface area (Å²) in [6.45, 7) is 3.89. The minimum atomic E-state index is -0.557. The molecule has 1 atom stereocenters. The van der Waals surface area contributed by atoms with Gasteiger partial charge in [-0.1, -0.05) is 0 Å². The molecule has 0 saturated carbocycles. The molecular weight excluding hydrogens is 433 g/mol. The molecule has 0 bridgehead atoms. The zero-order valence-electron chi connectivity index (χ0n) is 15.1. The number of halogens is 2. The number of nitrogens with one attached hydrogen (secondary N) is 2. The first-order valence-electron chi connectivity index (χ1n) is 8.36. The maximum Gasteiger partial charge on any atom is 0.319 e. The molecule has 11 heteroatoms. The van der Waals surface area contributed by atoms with Gasteiger partial charge in [0.1, 0.15) is 17.9 Å². The van der Waals surface area contributed by atoms with Gasteiger partial charge in [-0.2, -0.15) is 9.78 Å². The molecule has 0 aliphatic carbocycles. The van der Waals surface area contributed by atoms with Crippen molar-refractivity contribution in [1.82, 2.24) is 30.0 Å². The van der Waals surface area contributed by atoms with Crippen LogP contribution in [0.3, 0.4) is 0 Å². The average Bonchev–Trinajstić information content (AvgIpc) is 3.16. The average molecular weight is 450 g/mol. The largest absolute Gasteiger partial charge is 0.492 e. The number of nitrogens with zero attached hydrogens (tertiary/aromatic N) is 5. The van der Waals surface area contributed by atoms with Crippen LogP contribution in [0.4, 0.5) is 14.9 Å². The molecule has 3 aromatic rings. The van der Waals surface area contributed by atoms with Gasteiger partial charge in [-0.15, -0.1) is 0 Å². The van der Waals surface area contributed by atoms with Gasteiger partial charge in [0.25, 0.3) is 5.95 Å². The van der Waals surface area contributed by atoms with Crippen molar-refractivity contribution in [3.63, 3.8) is 0 Å². The van der Waals surface area contributed by atoms with Gasteiger partial charge in [0.15, 0.2) is 5.82 Å². The summed E-state index contributed by atoms with van der Waals surface area (Å²) in [5, 5.41) is 9.41. The molecule has 2 amide bonds. The normalized spacial score (nSPS) is 11.7. The quantitative estimate of drug-likeness (QED) is 0.597. The van der Waals surface area contributed by atoms with E-state index in [1.165, 1.54) is 23.1 Å². The molecule has 146 valence electrons. The number of carbonyl (C=O) groups is 1. The van der Waals surface area contributed by atoms with Crippen molar-refractivity contribution in [3.8, 4) is 11.7 Å². The highest BCUT2D eigenvalue weighted by atomic mass is 79.9. The Morgan fingerprint density at radius 2 is 2.07 bits per heavy atom. The van der Waals surface area contributed by atoms with Gasteiger partial charge in [-0.3, -0.25) is 0 Å². The Hall–Kier alpha value is -3.08. The lowest BCUT2D eigenvalue weighted by Crippen LogP contribution is -2.33. The third kappa shape index (κ3) is 4.42. The number of urea groups is 1. The van der Waals surface area contributed by atoms with E-state index in [0.29, 0.717) is 24.1 Å². The van der Waals surface area contributed by atoms with Crippen LogP contribution in [0.15, 0.2) is 41.4 Å². The lowest BCUT2D eigenvalue weighted by Gasteiger charge is -2.16. The lowest BCUT2D eigenvalue weighted by atomic mass is 10.2. The Kier molecular flexibility index (Phi) is 6.14. The number of aromatic nitrogens is 5. The smallest absolute Gasteiger partial charge is 0.319 e. The van der Waals surface area contributed by atoms with E-state index in [2.05, 4.69) is 46.6 Å². The number of carbonyl (C=O) groups excluding carboxylic acids is 1. The molecule has 28 heavy (non-hydrogen) atoms. The second-order valence-corrected chi connectivity index (χ2v) is 6.45. The molecule has 0 fully saturated rings. The maximum atomic E-state index is 13.9. The zero-order chi connectivity index (χ0) is 20.1. The third-order valence-corrected chi connectivity index (χ3v) is 4.23. The van der Waals surface area contributed by atoms with Gasteiger partial charge >= 0.3 is 6.03 Å². The number of anilines is 1. The summed E-state index contributed by atoms with van der Waals surface area (Å²) in [6, 6.07) is 3.24. The van der Waals surface area contributed by atoms with Crippen LogP contribution in [0.2, 0.25) is 0 Å². The molecule has 0 aliphatic heterocycles. The molecule has 2 aromatic heterocycles. The number of amides is 2. The topological polar surface area (TPSA) is 107 Å². The third-order valence-electron chi connectivity index (χ3n) is 3.62. The first kappa shape index (κ1) is 19.7. The van der Waals surface area contributed by atoms with E-state index in [-0.39, 0.29) is 10.2 Å². The van der Waals surface area contributed by atoms with E-state index >= 15 is 0 Å².